The second-order valence-corrected chi connectivity index (χ2v) is 8.62. The normalized spacial score (nSPS) is 29.4. The van der Waals surface area contributed by atoms with Gasteiger partial charge in [-0.2, -0.15) is 0 Å². The van der Waals surface area contributed by atoms with Crippen LogP contribution in [0, 0.1) is 0 Å². The number of hydrogen-bond acceptors (Lipinski definition) is 5. The molecule has 2 aliphatic rings. The number of carbonyl (C=O) groups is 1. The van der Waals surface area contributed by atoms with E-state index in [0.717, 1.165) is 51.9 Å². The van der Waals surface area contributed by atoms with E-state index in [1.165, 1.54) is 6.26 Å². The topological polar surface area (TPSA) is 77.9 Å². The highest BCUT2D eigenvalue weighted by atomic mass is 32.2. The van der Waals surface area contributed by atoms with Crippen molar-refractivity contribution in [2.75, 3.05) is 39.0 Å². The Bertz CT molecular complexity index is 458. The molecule has 1 saturated heterocycles. The molecule has 6 nitrogen and oxygen atoms in total. The Labute approximate surface area is 127 Å². The molecule has 0 bridgehead atoms. The van der Waals surface area contributed by atoms with Gasteiger partial charge in [-0.25, -0.2) is 8.42 Å². The molecule has 0 amide bonds. The first kappa shape index (κ1) is 16.7. The Hall–Kier alpha value is -0.660. The predicted molar refractivity (Wildman–Crippen MR) is 81.2 cm³/mol. The van der Waals surface area contributed by atoms with Crippen LogP contribution in [0.15, 0.2) is 0 Å². The summed E-state index contributed by atoms with van der Waals surface area (Å²) in [7, 11) is -2.93. The molecule has 2 fully saturated rings. The van der Waals surface area contributed by atoms with Crippen LogP contribution in [0.4, 0.5) is 0 Å². The number of hydrogen-bond donors (Lipinski definition) is 1. The molecular formula is C14H26N2O4S. The van der Waals surface area contributed by atoms with Crippen LogP contribution in [0.3, 0.4) is 0 Å². The molecule has 0 aromatic carbocycles. The molecule has 1 aliphatic carbocycles. The third kappa shape index (κ3) is 4.93. The average Bonchev–Trinajstić information content (AvgIpc) is 2.45. The monoisotopic (exact) mass is 318 g/mol. The fraction of sp³-hybridized carbons (Fsp3) is 0.929. The van der Waals surface area contributed by atoms with Gasteiger partial charge in [-0.15, -0.1) is 0 Å². The number of piperazine rings is 1. The van der Waals surface area contributed by atoms with E-state index in [0.29, 0.717) is 12.6 Å². The van der Waals surface area contributed by atoms with Gasteiger partial charge >= 0.3 is 5.97 Å². The maximum absolute atomic E-state index is 11.7. The van der Waals surface area contributed by atoms with E-state index in [-0.39, 0.29) is 11.7 Å². The number of carboxylic acids is 1. The quantitative estimate of drug-likeness (QED) is 0.792. The van der Waals surface area contributed by atoms with Gasteiger partial charge in [0.15, 0.2) is 0 Å². The van der Waals surface area contributed by atoms with Crippen molar-refractivity contribution in [3.05, 3.63) is 0 Å². The minimum Gasteiger partial charge on any atom is -0.481 e. The summed E-state index contributed by atoms with van der Waals surface area (Å²) in [6.07, 6.45) is 5.17. The Balaban J connectivity index is 1.80. The van der Waals surface area contributed by atoms with Gasteiger partial charge in [0.05, 0.1) is 11.7 Å². The summed E-state index contributed by atoms with van der Waals surface area (Å²) in [4.78, 5) is 15.2. The first-order valence-electron chi connectivity index (χ1n) is 7.73. The van der Waals surface area contributed by atoms with E-state index in [2.05, 4.69) is 9.80 Å². The molecular weight excluding hydrogens is 292 g/mol. The Kier molecular flexibility index (Phi) is 5.62. The number of aliphatic carboxylic acids is 1. The van der Waals surface area contributed by atoms with Crippen molar-refractivity contribution >= 4 is 15.8 Å². The predicted octanol–water partition coefficient (Wildman–Crippen LogP) is 0.435. The van der Waals surface area contributed by atoms with Gasteiger partial charge in [0, 0.05) is 45.0 Å². The largest absolute Gasteiger partial charge is 0.481 e. The van der Waals surface area contributed by atoms with Gasteiger partial charge < -0.3 is 10.0 Å². The lowest BCUT2D eigenvalue weighted by Gasteiger charge is -2.42. The highest BCUT2D eigenvalue weighted by Crippen LogP contribution is 2.28. The zero-order chi connectivity index (χ0) is 15.5. The van der Waals surface area contributed by atoms with Crippen molar-refractivity contribution in [3.8, 4) is 0 Å². The summed E-state index contributed by atoms with van der Waals surface area (Å²) in [5.41, 5.74) is 0. The number of nitrogens with zero attached hydrogens (tertiary/aromatic N) is 2. The molecule has 0 radical (unpaired) electrons. The Morgan fingerprint density at radius 2 is 1.86 bits per heavy atom. The van der Waals surface area contributed by atoms with Gasteiger partial charge in [0.2, 0.25) is 0 Å². The maximum Gasteiger partial charge on any atom is 0.304 e. The fourth-order valence-corrected chi connectivity index (χ4v) is 4.61. The zero-order valence-electron chi connectivity index (χ0n) is 12.7. The lowest BCUT2D eigenvalue weighted by Crippen LogP contribution is -2.52. The standard InChI is InChI=1S/C14H26N2O4S/c1-21(19,20)13-4-2-3-12(11-13)16-9-7-15(8-10-16)6-5-14(17)18/h12-13H,2-11H2,1H3,(H,17,18). The molecule has 0 aromatic heterocycles. The summed E-state index contributed by atoms with van der Waals surface area (Å²) < 4.78 is 23.5. The second-order valence-electron chi connectivity index (χ2n) is 6.29. The maximum atomic E-state index is 11.7. The lowest BCUT2D eigenvalue weighted by atomic mass is 9.93. The van der Waals surface area contributed by atoms with Crippen molar-refractivity contribution in [2.45, 2.75) is 43.4 Å². The van der Waals surface area contributed by atoms with Crippen LogP contribution in [0.25, 0.3) is 0 Å². The van der Waals surface area contributed by atoms with Gasteiger partial charge in [0.25, 0.3) is 0 Å². The fourth-order valence-electron chi connectivity index (χ4n) is 3.45. The van der Waals surface area contributed by atoms with Crippen molar-refractivity contribution in [3.63, 3.8) is 0 Å². The van der Waals surface area contributed by atoms with E-state index >= 15 is 0 Å². The van der Waals surface area contributed by atoms with Crippen LogP contribution in [0.5, 0.6) is 0 Å². The second kappa shape index (κ2) is 7.07. The molecule has 0 spiro atoms. The molecule has 2 rings (SSSR count). The minimum atomic E-state index is -2.93. The van der Waals surface area contributed by atoms with Crippen LogP contribution in [-0.2, 0) is 14.6 Å². The van der Waals surface area contributed by atoms with Gasteiger partial charge in [-0.05, 0) is 19.3 Å². The van der Waals surface area contributed by atoms with Gasteiger partial charge in [-0.3, -0.25) is 9.69 Å². The highest BCUT2D eigenvalue weighted by Gasteiger charge is 2.33. The highest BCUT2D eigenvalue weighted by molar-refractivity contribution is 7.91. The molecule has 2 unspecified atom stereocenters. The first-order valence-corrected chi connectivity index (χ1v) is 9.69. The van der Waals surface area contributed by atoms with Crippen LogP contribution >= 0.6 is 0 Å². The molecule has 1 N–H and O–H groups in total. The molecule has 7 heteroatoms. The third-order valence-electron chi connectivity index (χ3n) is 4.77. The first-order chi connectivity index (χ1) is 9.86. The smallest absolute Gasteiger partial charge is 0.304 e. The van der Waals surface area contributed by atoms with Crippen molar-refractivity contribution < 1.29 is 18.3 Å². The summed E-state index contributed by atoms with van der Waals surface area (Å²) in [5, 5.41) is 8.53. The number of carboxylic acid groups (broad SMARTS) is 1. The molecule has 2 atom stereocenters. The van der Waals surface area contributed by atoms with E-state index in [4.69, 9.17) is 5.11 Å². The number of rotatable bonds is 5. The van der Waals surface area contributed by atoms with Gasteiger partial charge in [-0.1, -0.05) is 6.42 Å². The molecule has 21 heavy (non-hydrogen) atoms. The van der Waals surface area contributed by atoms with E-state index in [1.807, 2.05) is 0 Å². The molecule has 0 aromatic rings. The summed E-state index contributed by atoms with van der Waals surface area (Å²) in [6, 6.07) is 0.375. The van der Waals surface area contributed by atoms with E-state index in [1.54, 1.807) is 0 Å². The minimum absolute atomic E-state index is 0.179. The Morgan fingerprint density at radius 3 is 2.43 bits per heavy atom. The van der Waals surface area contributed by atoms with Crippen LogP contribution < -0.4 is 0 Å². The summed E-state index contributed by atoms with van der Waals surface area (Å²) in [6.45, 7) is 4.21. The van der Waals surface area contributed by atoms with E-state index in [9.17, 15) is 13.2 Å². The number of sulfone groups is 1. The van der Waals surface area contributed by atoms with E-state index < -0.39 is 15.8 Å². The summed E-state index contributed by atoms with van der Waals surface area (Å²) >= 11 is 0. The van der Waals surface area contributed by atoms with Crippen LogP contribution in [0.2, 0.25) is 0 Å². The third-order valence-corrected chi connectivity index (χ3v) is 6.41. The van der Waals surface area contributed by atoms with Crippen molar-refractivity contribution in [1.29, 1.82) is 0 Å². The molecule has 1 heterocycles. The van der Waals surface area contributed by atoms with Gasteiger partial charge in [0.1, 0.15) is 9.84 Å². The van der Waals surface area contributed by atoms with Crippen LogP contribution in [0.1, 0.15) is 32.1 Å². The Morgan fingerprint density at radius 1 is 1.19 bits per heavy atom. The SMILES string of the molecule is CS(=O)(=O)C1CCCC(N2CCN(CCC(=O)O)CC2)C1. The molecule has 122 valence electrons. The molecule has 1 aliphatic heterocycles. The van der Waals surface area contributed by atoms with Crippen molar-refractivity contribution in [1.82, 2.24) is 9.80 Å². The average molecular weight is 318 g/mol. The zero-order valence-corrected chi connectivity index (χ0v) is 13.5. The van der Waals surface area contributed by atoms with Crippen molar-refractivity contribution in [2.24, 2.45) is 0 Å². The lowest BCUT2D eigenvalue weighted by molar-refractivity contribution is -0.137. The molecule has 1 saturated carbocycles. The van der Waals surface area contributed by atoms with Crippen LogP contribution in [-0.4, -0.2) is 79.6 Å². The summed E-state index contributed by atoms with van der Waals surface area (Å²) in [5.74, 6) is -0.749.